The molecule has 1 aliphatic rings. The SMILES string of the molecule is CN=S(N)(=O)c1cc2c(s1)CCOC2. The molecule has 0 radical (unpaired) electrons. The highest BCUT2D eigenvalue weighted by molar-refractivity contribution is 7.93. The normalized spacial score (nSPS) is 19.9. The Morgan fingerprint density at radius 1 is 1.71 bits per heavy atom. The molecular formula is C8H12N2O2S2. The Morgan fingerprint density at radius 2 is 2.50 bits per heavy atom. The van der Waals surface area contributed by atoms with Crippen molar-refractivity contribution in [2.24, 2.45) is 9.50 Å². The van der Waals surface area contributed by atoms with Crippen LogP contribution in [0.15, 0.2) is 14.6 Å². The maximum absolute atomic E-state index is 11.8. The fourth-order valence-electron chi connectivity index (χ4n) is 1.35. The molecule has 2 rings (SSSR count). The van der Waals surface area contributed by atoms with Crippen LogP contribution < -0.4 is 5.14 Å². The van der Waals surface area contributed by atoms with Gasteiger partial charge in [-0.3, -0.25) is 0 Å². The van der Waals surface area contributed by atoms with Crippen molar-refractivity contribution in [1.29, 1.82) is 0 Å². The number of ether oxygens (including phenoxy) is 1. The predicted molar refractivity (Wildman–Crippen MR) is 56.6 cm³/mol. The van der Waals surface area contributed by atoms with E-state index in [2.05, 4.69) is 4.36 Å². The molecule has 1 aromatic heterocycles. The minimum atomic E-state index is -2.65. The maximum Gasteiger partial charge on any atom is 0.144 e. The Kier molecular flexibility index (Phi) is 2.61. The smallest absolute Gasteiger partial charge is 0.144 e. The third-order valence-electron chi connectivity index (χ3n) is 2.16. The van der Waals surface area contributed by atoms with E-state index in [1.807, 2.05) is 6.07 Å². The van der Waals surface area contributed by atoms with Gasteiger partial charge in [-0.2, -0.15) is 0 Å². The Hall–Kier alpha value is -0.430. The van der Waals surface area contributed by atoms with Crippen molar-refractivity contribution in [2.75, 3.05) is 13.7 Å². The summed E-state index contributed by atoms with van der Waals surface area (Å²) in [6, 6.07) is 1.86. The summed E-state index contributed by atoms with van der Waals surface area (Å²) < 4.78 is 21.4. The van der Waals surface area contributed by atoms with Gasteiger partial charge in [-0.15, -0.1) is 11.3 Å². The van der Waals surface area contributed by atoms with Crippen molar-refractivity contribution in [3.8, 4) is 0 Å². The van der Waals surface area contributed by atoms with Crippen LogP contribution in [0.5, 0.6) is 0 Å². The zero-order valence-corrected chi connectivity index (χ0v) is 9.49. The quantitative estimate of drug-likeness (QED) is 0.789. The van der Waals surface area contributed by atoms with E-state index in [0.29, 0.717) is 10.8 Å². The molecule has 2 heterocycles. The van der Waals surface area contributed by atoms with E-state index in [-0.39, 0.29) is 0 Å². The number of hydrogen-bond acceptors (Lipinski definition) is 4. The molecule has 0 aromatic carbocycles. The van der Waals surface area contributed by atoms with E-state index in [1.165, 1.54) is 23.3 Å². The zero-order chi connectivity index (χ0) is 10.2. The third kappa shape index (κ3) is 1.70. The van der Waals surface area contributed by atoms with E-state index in [1.54, 1.807) is 0 Å². The number of nitrogens with two attached hydrogens (primary N) is 1. The highest BCUT2D eigenvalue weighted by Gasteiger charge is 2.17. The molecular weight excluding hydrogens is 220 g/mol. The van der Waals surface area contributed by atoms with Crippen molar-refractivity contribution < 1.29 is 8.95 Å². The molecule has 0 spiro atoms. The molecule has 6 heteroatoms. The lowest BCUT2D eigenvalue weighted by Crippen LogP contribution is -2.10. The van der Waals surface area contributed by atoms with Gasteiger partial charge < -0.3 is 4.74 Å². The summed E-state index contributed by atoms with van der Waals surface area (Å²) in [4.78, 5) is 1.23. The number of hydrogen-bond donors (Lipinski definition) is 1. The van der Waals surface area contributed by atoms with Crippen molar-refractivity contribution in [2.45, 2.75) is 17.2 Å². The second-order valence-electron chi connectivity index (χ2n) is 3.07. The van der Waals surface area contributed by atoms with Crippen LogP contribution in [-0.2, 0) is 27.7 Å². The molecule has 0 fully saturated rings. The van der Waals surface area contributed by atoms with E-state index in [0.717, 1.165) is 18.6 Å². The minimum Gasteiger partial charge on any atom is -0.376 e. The summed E-state index contributed by atoms with van der Waals surface area (Å²) in [6.07, 6.45) is 0.888. The lowest BCUT2D eigenvalue weighted by atomic mass is 10.2. The number of thiophene rings is 1. The van der Waals surface area contributed by atoms with E-state index in [9.17, 15) is 4.21 Å². The summed E-state index contributed by atoms with van der Waals surface area (Å²) in [5, 5.41) is 5.58. The van der Waals surface area contributed by atoms with Crippen molar-refractivity contribution in [3.63, 3.8) is 0 Å². The molecule has 0 saturated heterocycles. The first-order valence-corrected chi connectivity index (χ1v) is 6.65. The lowest BCUT2D eigenvalue weighted by Gasteiger charge is -2.10. The Morgan fingerprint density at radius 3 is 3.14 bits per heavy atom. The van der Waals surface area contributed by atoms with Crippen LogP contribution in [0.25, 0.3) is 0 Å². The summed E-state index contributed by atoms with van der Waals surface area (Å²) in [5.41, 5.74) is 1.11. The highest BCUT2D eigenvalue weighted by atomic mass is 32.2. The highest BCUT2D eigenvalue weighted by Crippen LogP contribution is 2.29. The first-order chi connectivity index (χ1) is 6.63. The average Bonchev–Trinajstić information content (AvgIpc) is 2.61. The van der Waals surface area contributed by atoms with Gasteiger partial charge in [-0.05, 0) is 11.6 Å². The third-order valence-corrected chi connectivity index (χ3v) is 5.40. The average molecular weight is 232 g/mol. The van der Waals surface area contributed by atoms with Crippen molar-refractivity contribution in [3.05, 3.63) is 16.5 Å². The van der Waals surface area contributed by atoms with Crippen LogP contribution in [0.4, 0.5) is 0 Å². The number of fused-ring (bicyclic) bond motifs is 1. The Bertz CT molecular complexity index is 434. The standard InChI is InChI=1S/C8H12N2O2S2/c1-10-14(9,11)8-4-6-5-12-3-2-7(6)13-8/h4H,2-3,5H2,1H3,(H2,9,10,11). The molecule has 78 valence electrons. The van der Waals surface area contributed by atoms with Crippen LogP contribution in [0.3, 0.4) is 0 Å². The van der Waals surface area contributed by atoms with Gasteiger partial charge in [-0.25, -0.2) is 13.7 Å². The zero-order valence-electron chi connectivity index (χ0n) is 7.86. The molecule has 0 aliphatic carbocycles. The molecule has 1 atom stereocenters. The van der Waals surface area contributed by atoms with Gasteiger partial charge in [0.15, 0.2) is 0 Å². The first-order valence-electron chi connectivity index (χ1n) is 4.26. The van der Waals surface area contributed by atoms with E-state index < -0.39 is 9.92 Å². The van der Waals surface area contributed by atoms with Crippen LogP contribution in [-0.4, -0.2) is 17.9 Å². The summed E-state index contributed by atoms with van der Waals surface area (Å²) in [5.74, 6) is 0. The molecule has 1 unspecified atom stereocenters. The van der Waals surface area contributed by atoms with E-state index >= 15 is 0 Å². The minimum absolute atomic E-state index is 0.602. The number of rotatable bonds is 1. The molecule has 1 aromatic rings. The van der Waals surface area contributed by atoms with Gasteiger partial charge in [0, 0.05) is 18.3 Å². The fourth-order valence-corrected chi connectivity index (χ4v) is 3.73. The van der Waals surface area contributed by atoms with E-state index in [4.69, 9.17) is 9.88 Å². The second kappa shape index (κ2) is 3.62. The molecule has 0 bridgehead atoms. The molecule has 4 nitrogen and oxygen atoms in total. The lowest BCUT2D eigenvalue weighted by molar-refractivity contribution is 0.112. The molecule has 14 heavy (non-hydrogen) atoms. The first kappa shape index (κ1) is 10.1. The maximum atomic E-state index is 11.8. The Balaban J connectivity index is 2.48. The van der Waals surface area contributed by atoms with Gasteiger partial charge in [-0.1, -0.05) is 0 Å². The summed E-state index contributed by atoms with van der Waals surface area (Å²) in [6.45, 7) is 1.34. The van der Waals surface area contributed by atoms with Crippen LogP contribution >= 0.6 is 11.3 Å². The molecule has 1 aliphatic heterocycles. The summed E-state index contributed by atoms with van der Waals surface area (Å²) >= 11 is 1.49. The van der Waals surface area contributed by atoms with Gasteiger partial charge in [0.2, 0.25) is 0 Å². The molecule has 0 amide bonds. The molecule has 2 N–H and O–H groups in total. The van der Waals surface area contributed by atoms with Gasteiger partial charge in [0.05, 0.1) is 13.2 Å². The van der Waals surface area contributed by atoms with Gasteiger partial charge >= 0.3 is 0 Å². The van der Waals surface area contributed by atoms with Crippen LogP contribution in [0.2, 0.25) is 0 Å². The van der Waals surface area contributed by atoms with Crippen molar-refractivity contribution >= 4 is 21.3 Å². The largest absolute Gasteiger partial charge is 0.376 e. The van der Waals surface area contributed by atoms with Gasteiger partial charge in [0.1, 0.15) is 14.1 Å². The van der Waals surface area contributed by atoms with Crippen LogP contribution in [0, 0.1) is 0 Å². The fraction of sp³-hybridized carbons (Fsp3) is 0.500. The number of nitrogens with zero attached hydrogens (tertiary/aromatic N) is 1. The van der Waals surface area contributed by atoms with Crippen molar-refractivity contribution in [1.82, 2.24) is 0 Å². The second-order valence-corrected chi connectivity index (χ2v) is 6.41. The Labute approximate surface area is 87.4 Å². The summed E-state index contributed by atoms with van der Waals surface area (Å²) in [7, 11) is -1.17. The monoisotopic (exact) mass is 232 g/mol. The van der Waals surface area contributed by atoms with Gasteiger partial charge in [0.25, 0.3) is 0 Å². The predicted octanol–water partition coefficient (Wildman–Crippen LogP) is 1.15. The van der Waals surface area contributed by atoms with Crippen LogP contribution in [0.1, 0.15) is 10.4 Å². The topological polar surface area (TPSA) is 64.7 Å². The molecule has 0 saturated carbocycles.